The van der Waals surface area contributed by atoms with E-state index in [9.17, 15) is 4.79 Å². The quantitative estimate of drug-likeness (QED) is 0.645. The van der Waals surface area contributed by atoms with Crippen molar-refractivity contribution in [3.8, 4) is 5.69 Å². The summed E-state index contributed by atoms with van der Waals surface area (Å²) in [6, 6.07) is 15.9. The highest BCUT2D eigenvalue weighted by Gasteiger charge is 2.07. The van der Waals surface area contributed by atoms with Crippen LogP contribution in [0.3, 0.4) is 0 Å². The lowest BCUT2D eigenvalue weighted by Gasteiger charge is -2.11. The molecule has 94 valence electrons. The second kappa shape index (κ2) is 4.39. The second-order valence-electron chi connectivity index (χ2n) is 4.82. The summed E-state index contributed by atoms with van der Waals surface area (Å²) in [5, 5.41) is 1.79. The van der Waals surface area contributed by atoms with Crippen molar-refractivity contribution in [2.45, 2.75) is 13.8 Å². The van der Waals surface area contributed by atoms with Crippen molar-refractivity contribution in [3.63, 3.8) is 0 Å². The first kappa shape index (κ1) is 11.7. The minimum Gasteiger partial charge on any atom is -0.283 e. The minimum absolute atomic E-state index is 0.0462. The Bertz CT molecular complexity index is 815. The molecule has 2 nitrogen and oxygen atoms in total. The van der Waals surface area contributed by atoms with Crippen molar-refractivity contribution in [2.24, 2.45) is 0 Å². The fourth-order valence-electron chi connectivity index (χ4n) is 2.49. The normalized spacial score (nSPS) is 10.8. The van der Waals surface area contributed by atoms with Gasteiger partial charge < -0.3 is 0 Å². The first-order valence-corrected chi connectivity index (χ1v) is 6.35. The SMILES string of the molecule is Cc1ccccc1-n1ccc2cccc(C)c2c1=O. The molecule has 0 fully saturated rings. The molecule has 0 aliphatic heterocycles. The lowest BCUT2D eigenvalue weighted by atomic mass is 10.1. The molecule has 19 heavy (non-hydrogen) atoms. The third-order valence-corrected chi connectivity index (χ3v) is 3.52. The van der Waals surface area contributed by atoms with Gasteiger partial charge >= 0.3 is 0 Å². The Hall–Kier alpha value is -2.35. The summed E-state index contributed by atoms with van der Waals surface area (Å²) in [7, 11) is 0. The number of hydrogen-bond donors (Lipinski definition) is 0. The number of nitrogens with zero attached hydrogens (tertiary/aromatic N) is 1. The first-order valence-electron chi connectivity index (χ1n) is 6.35. The molecule has 0 saturated carbocycles. The monoisotopic (exact) mass is 249 g/mol. The van der Waals surface area contributed by atoms with Crippen LogP contribution in [0.1, 0.15) is 11.1 Å². The van der Waals surface area contributed by atoms with E-state index in [1.807, 2.05) is 68.6 Å². The number of aryl methyl sites for hydroxylation is 2. The Labute approximate surface area is 111 Å². The van der Waals surface area contributed by atoms with Crippen LogP contribution in [0, 0.1) is 13.8 Å². The van der Waals surface area contributed by atoms with E-state index in [1.165, 1.54) is 0 Å². The molecule has 0 bridgehead atoms. The van der Waals surface area contributed by atoms with Crippen LogP contribution in [0.5, 0.6) is 0 Å². The lowest BCUT2D eigenvalue weighted by Crippen LogP contribution is -2.19. The molecule has 0 unspecified atom stereocenters. The molecule has 1 heterocycles. The molecule has 0 aliphatic carbocycles. The maximum Gasteiger partial charge on any atom is 0.263 e. The predicted molar refractivity (Wildman–Crippen MR) is 79.0 cm³/mol. The van der Waals surface area contributed by atoms with Gasteiger partial charge in [0, 0.05) is 6.20 Å². The van der Waals surface area contributed by atoms with Crippen molar-refractivity contribution in [1.29, 1.82) is 0 Å². The summed E-state index contributed by atoms with van der Waals surface area (Å²) in [6.07, 6.45) is 1.85. The molecule has 2 heteroatoms. The third kappa shape index (κ3) is 1.85. The van der Waals surface area contributed by atoms with Gasteiger partial charge in [0.15, 0.2) is 0 Å². The number of benzene rings is 2. The second-order valence-corrected chi connectivity index (χ2v) is 4.82. The van der Waals surface area contributed by atoms with Gasteiger partial charge in [0.25, 0.3) is 5.56 Å². The van der Waals surface area contributed by atoms with Crippen LogP contribution in [0.4, 0.5) is 0 Å². The Morgan fingerprint density at radius 2 is 1.58 bits per heavy atom. The van der Waals surface area contributed by atoms with Crippen molar-refractivity contribution in [3.05, 3.63) is 76.2 Å². The average molecular weight is 249 g/mol. The van der Waals surface area contributed by atoms with Gasteiger partial charge in [0.1, 0.15) is 0 Å². The molecular formula is C17H15NO. The third-order valence-electron chi connectivity index (χ3n) is 3.52. The van der Waals surface area contributed by atoms with Crippen LogP contribution in [0.15, 0.2) is 59.5 Å². The van der Waals surface area contributed by atoms with Gasteiger partial charge in [-0.3, -0.25) is 9.36 Å². The Balaban J connectivity index is 2.39. The van der Waals surface area contributed by atoms with E-state index in [-0.39, 0.29) is 5.56 Å². The molecule has 3 aromatic rings. The number of pyridine rings is 1. The van der Waals surface area contributed by atoms with E-state index >= 15 is 0 Å². The fourth-order valence-corrected chi connectivity index (χ4v) is 2.49. The number of aromatic nitrogens is 1. The molecule has 0 spiro atoms. The number of para-hydroxylation sites is 1. The summed E-state index contributed by atoms with van der Waals surface area (Å²) >= 11 is 0. The highest BCUT2D eigenvalue weighted by Crippen LogP contribution is 2.17. The van der Waals surface area contributed by atoms with E-state index in [4.69, 9.17) is 0 Å². The number of fused-ring (bicyclic) bond motifs is 1. The van der Waals surface area contributed by atoms with Gasteiger partial charge in [-0.1, -0.05) is 36.4 Å². The van der Waals surface area contributed by atoms with Gasteiger partial charge in [-0.15, -0.1) is 0 Å². The highest BCUT2D eigenvalue weighted by molar-refractivity contribution is 5.84. The number of rotatable bonds is 1. The Morgan fingerprint density at radius 3 is 2.37 bits per heavy atom. The lowest BCUT2D eigenvalue weighted by molar-refractivity contribution is 0.993. The van der Waals surface area contributed by atoms with Gasteiger partial charge in [-0.25, -0.2) is 0 Å². The maximum absolute atomic E-state index is 12.7. The van der Waals surface area contributed by atoms with Crippen molar-refractivity contribution in [1.82, 2.24) is 4.57 Å². The van der Waals surface area contributed by atoms with Gasteiger partial charge in [-0.05, 0) is 42.5 Å². The van der Waals surface area contributed by atoms with E-state index in [1.54, 1.807) is 4.57 Å². The zero-order valence-corrected chi connectivity index (χ0v) is 11.1. The molecule has 2 aromatic carbocycles. The zero-order valence-electron chi connectivity index (χ0n) is 11.1. The smallest absolute Gasteiger partial charge is 0.263 e. The molecule has 0 N–H and O–H groups in total. The molecule has 3 rings (SSSR count). The van der Waals surface area contributed by atoms with Crippen LogP contribution in [0.2, 0.25) is 0 Å². The molecule has 0 aliphatic rings. The van der Waals surface area contributed by atoms with E-state index < -0.39 is 0 Å². The molecule has 0 amide bonds. The molecule has 0 radical (unpaired) electrons. The van der Waals surface area contributed by atoms with Gasteiger partial charge in [0.2, 0.25) is 0 Å². The first-order chi connectivity index (χ1) is 9.18. The largest absolute Gasteiger partial charge is 0.283 e. The topological polar surface area (TPSA) is 22.0 Å². The van der Waals surface area contributed by atoms with E-state index in [0.717, 1.165) is 27.6 Å². The molecule has 1 aromatic heterocycles. The van der Waals surface area contributed by atoms with E-state index in [2.05, 4.69) is 0 Å². The summed E-state index contributed by atoms with van der Waals surface area (Å²) in [4.78, 5) is 12.7. The predicted octanol–water partition coefficient (Wildman–Crippen LogP) is 3.61. The van der Waals surface area contributed by atoms with Crippen LogP contribution in [-0.2, 0) is 0 Å². The Morgan fingerprint density at radius 1 is 0.842 bits per heavy atom. The summed E-state index contributed by atoms with van der Waals surface area (Å²) in [6.45, 7) is 4.00. The van der Waals surface area contributed by atoms with Gasteiger partial charge in [-0.2, -0.15) is 0 Å². The zero-order chi connectivity index (χ0) is 13.4. The molecular weight excluding hydrogens is 234 g/mol. The highest BCUT2D eigenvalue weighted by atomic mass is 16.1. The van der Waals surface area contributed by atoms with Crippen LogP contribution in [-0.4, -0.2) is 4.57 Å². The van der Waals surface area contributed by atoms with Crippen LogP contribution in [0.25, 0.3) is 16.5 Å². The van der Waals surface area contributed by atoms with Crippen molar-refractivity contribution in [2.75, 3.05) is 0 Å². The standard InChI is InChI=1S/C17H15NO/c1-12-6-3-4-9-15(12)18-11-10-14-8-5-7-13(2)16(14)17(18)19/h3-11H,1-2H3. The maximum atomic E-state index is 12.7. The van der Waals surface area contributed by atoms with Crippen LogP contribution >= 0.6 is 0 Å². The minimum atomic E-state index is 0.0462. The summed E-state index contributed by atoms with van der Waals surface area (Å²) in [5.74, 6) is 0. The summed E-state index contributed by atoms with van der Waals surface area (Å²) < 4.78 is 1.73. The Kier molecular flexibility index (Phi) is 2.71. The fraction of sp³-hybridized carbons (Fsp3) is 0.118. The van der Waals surface area contributed by atoms with E-state index in [0.29, 0.717) is 0 Å². The van der Waals surface area contributed by atoms with Crippen molar-refractivity contribution < 1.29 is 0 Å². The van der Waals surface area contributed by atoms with Crippen molar-refractivity contribution >= 4 is 10.8 Å². The van der Waals surface area contributed by atoms with Crippen LogP contribution < -0.4 is 5.56 Å². The van der Waals surface area contributed by atoms with Gasteiger partial charge in [0.05, 0.1) is 11.1 Å². The molecule has 0 saturated heterocycles. The summed E-state index contributed by atoms with van der Waals surface area (Å²) in [5.41, 5.74) is 3.10. The average Bonchev–Trinajstić information content (AvgIpc) is 2.40. The number of hydrogen-bond acceptors (Lipinski definition) is 1. The molecule has 0 atom stereocenters.